The van der Waals surface area contributed by atoms with Crippen molar-refractivity contribution < 1.29 is 12.8 Å². The second-order valence-corrected chi connectivity index (χ2v) is 3.09. The van der Waals surface area contributed by atoms with Crippen molar-refractivity contribution in [3.63, 3.8) is 0 Å². The van der Waals surface area contributed by atoms with E-state index in [9.17, 15) is 13.2 Å². The molecule has 0 radical (unpaired) electrons. The molecule has 1 rings (SSSR count). The van der Waals surface area contributed by atoms with Gasteiger partial charge in [-0.1, -0.05) is 0 Å². The summed E-state index contributed by atoms with van der Waals surface area (Å²) in [6, 6.07) is 0. The van der Waals surface area contributed by atoms with Gasteiger partial charge in [0.2, 0.25) is 0 Å². The molecular formula is C3H4N2O4S. The fourth-order valence-electron chi connectivity index (χ4n) is 0.405. The van der Waals surface area contributed by atoms with E-state index < -0.39 is 20.8 Å². The smallest absolute Gasteiger partial charge is 0.415 e. The summed E-state index contributed by atoms with van der Waals surface area (Å²) in [5.41, 5.74) is 0. The van der Waals surface area contributed by atoms with E-state index in [1.807, 2.05) is 4.98 Å². The van der Waals surface area contributed by atoms with Gasteiger partial charge in [-0.3, -0.25) is 4.98 Å². The van der Waals surface area contributed by atoms with Crippen molar-refractivity contribution in [1.82, 2.24) is 4.98 Å². The second-order valence-electron chi connectivity index (χ2n) is 1.56. The molecule has 6 nitrogen and oxygen atoms in total. The van der Waals surface area contributed by atoms with Crippen LogP contribution in [0.5, 0.6) is 0 Å². The number of rotatable bonds is 1. The molecule has 0 aliphatic rings. The van der Waals surface area contributed by atoms with E-state index in [2.05, 4.69) is 9.56 Å². The van der Waals surface area contributed by atoms with Gasteiger partial charge in [0, 0.05) is 0 Å². The van der Waals surface area contributed by atoms with Crippen molar-refractivity contribution in [1.29, 1.82) is 0 Å². The van der Waals surface area contributed by atoms with Crippen molar-refractivity contribution >= 4 is 10.0 Å². The Morgan fingerprint density at radius 2 is 2.20 bits per heavy atom. The minimum atomic E-state index is -3.83. The average Bonchev–Trinajstić information content (AvgIpc) is 2.11. The summed E-state index contributed by atoms with van der Waals surface area (Å²) < 4.78 is 24.9. The number of nitrogens with two attached hydrogens (primary N) is 1. The zero-order chi connectivity index (χ0) is 7.78. The highest BCUT2D eigenvalue weighted by atomic mass is 32.2. The summed E-state index contributed by atoms with van der Waals surface area (Å²) in [7, 11) is -3.83. The molecule has 0 amide bonds. The van der Waals surface area contributed by atoms with Crippen molar-refractivity contribution in [3.05, 3.63) is 16.8 Å². The lowest BCUT2D eigenvalue weighted by atomic mass is 11.0. The lowest BCUT2D eigenvalue weighted by Crippen LogP contribution is -2.13. The van der Waals surface area contributed by atoms with Crippen molar-refractivity contribution in [3.8, 4) is 0 Å². The Morgan fingerprint density at radius 1 is 1.60 bits per heavy atom. The Hall–Kier alpha value is -1.08. The third kappa shape index (κ3) is 1.25. The Morgan fingerprint density at radius 3 is 2.40 bits per heavy atom. The predicted octanol–water partition coefficient (Wildman–Crippen LogP) is -1.38. The molecule has 0 aliphatic carbocycles. The number of H-pyrrole nitrogens is 1. The Balaban J connectivity index is 3.34. The van der Waals surface area contributed by atoms with Crippen molar-refractivity contribution in [2.45, 2.75) is 5.03 Å². The summed E-state index contributed by atoms with van der Waals surface area (Å²) in [4.78, 5) is 12.1. The summed E-state index contributed by atoms with van der Waals surface area (Å²) in [6.45, 7) is 0. The van der Waals surface area contributed by atoms with Crippen LogP contribution in [0.2, 0.25) is 0 Å². The fourth-order valence-corrected chi connectivity index (χ4v) is 0.813. The van der Waals surface area contributed by atoms with Crippen LogP contribution >= 0.6 is 0 Å². The largest absolute Gasteiger partial charge is 0.417 e. The number of nitrogens with one attached hydrogen (secondary N) is 1. The molecule has 1 aromatic heterocycles. The molecule has 0 bridgehead atoms. The molecular weight excluding hydrogens is 160 g/mol. The maximum atomic E-state index is 10.4. The van der Waals surface area contributed by atoms with Gasteiger partial charge in [0.05, 0.1) is 0 Å². The SMILES string of the molecule is NS(=O)(=O)c1coc(=O)[nH]1. The number of primary sulfonamides is 1. The van der Waals surface area contributed by atoms with Gasteiger partial charge in [0.15, 0.2) is 5.03 Å². The summed E-state index contributed by atoms with van der Waals surface area (Å²) in [5, 5.41) is 4.19. The number of sulfonamides is 1. The van der Waals surface area contributed by atoms with Gasteiger partial charge in [-0.15, -0.1) is 0 Å². The van der Waals surface area contributed by atoms with Gasteiger partial charge in [0.1, 0.15) is 6.26 Å². The van der Waals surface area contributed by atoms with Crippen LogP contribution in [0.15, 0.2) is 20.5 Å². The topological polar surface area (TPSA) is 106 Å². The highest BCUT2D eigenvalue weighted by molar-refractivity contribution is 7.89. The third-order valence-electron chi connectivity index (χ3n) is 0.805. The van der Waals surface area contributed by atoms with Crippen LogP contribution in [-0.4, -0.2) is 13.4 Å². The monoisotopic (exact) mass is 164 g/mol. The van der Waals surface area contributed by atoms with E-state index >= 15 is 0 Å². The predicted molar refractivity (Wildman–Crippen MR) is 30.7 cm³/mol. The molecule has 0 atom stereocenters. The minimum absolute atomic E-state index is 0.419. The molecule has 0 saturated heterocycles. The first kappa shape index (κ1) is 7.03. The molecule has 56 valence electrons. The quantitative estimate of drug-likeness (QED) is 0.533. The summed E-state index contributed by atoms with van der Waals surface area (Å²) >= 11 is 0. The normalized spacial score (nSPS) is 11.7. The molecule has 0 spiro atoms. The molecule has 1 aromatic rings. The van der Waals surface area contributed by atoms with Crippen LogP contribution in [0, 0.1) is 0 Å². The Bertz CT molecular complexity index is 371. The van der Waals surface area contributed by atoms with Crippen molar-refractivity contribution in [2.75, 3.05) is 0 Å². The average molecular weight is 164 g/mol. The van der Waals surface area contributed by atoms with Gasteiger partial charge in [0.25, 0.3) is 10.0 Å². The zero-order valence-corrected chi connectivity index (χ0v) is 5.51. The third-order valence-corrected chi connectivity index (χ3v) is 1.62. The lowest BCUT2D eigenvalue weighted by Gasteiger charge is -1.85. The molecule has 1 heterocycles. The first-order valence-electron chi connectivity index (χ1n) is 2.21. The van der Waals surface area contributed by atoms with E-state index in [-0.39, 0.29) is 0 Å². The first-order valence-corrected chi connectivity index (χ1v) is 3.75. The zero-order valence-electron chi connectivity index (χ0n) is 4.70. The maximum absolute atomic E-state index is 10.4. The van der Waals surface area contributed by atoms with Crippen molar-refractivity contribution in [2.24, 2.45) is 5.14 Å². The van der Waals surface area contributed by atoms with Crippen LogP contribution in [0.25, 0.3) is 0 Å². The fraction of sp³-hybridized carbons (Fsp3) is 0. The minimum Gasteiger partial charge on any atom is -0.415 e. The van der Waals surface area contributed by atoms with Crippen LogP contribution < -0.4 is 10.9 Å². The van der Waals surface area contributed by atoms with E-state index in [1.165, 1.54) is 0 Å². The molecule has 0 aromatic carbocycles. The van der Waals surface area contributed by atoms with E-state index in [0.29, 0.717) is 0 Å². The number of oxazole rings is 1. The molecule has 0 saturated carbocycles. The van der Waals surface area contributed by atoms with E-state index in [4.69, 9.17) is 0 Å². The molecule has 0 aliphatic heterocycles. The number of hydrogen-bond acceptors (Lipinski definition) is 4. The van der Waals surface area contributed by atoms with Gasteiger partial charge in [-0.2, -0.15) is 0 Å². The van der Waals surface area contributed by atoms with Gasteiger partial charge in [-0.05, 0) is 0 Å². The highest BCUT2D eigenvalue weighted by Crippen LogP contribution is 1.95. The van der Waals surface area contributed by atoms with Crippen LogP contribution in [0.4, 0.5) is 0 Å². The standard InChI is InChI=1S/C3H4N2O4S/c4-10(7,8)2-1-9-3(6)5-2/h1H,(H,5,6)(H2,4,7,8). The number of aromatic nitrogens is 1. The highest BCUT2D eigenvalue weighted by Gasteiger charge is 2.10. The summed E-state index contributed by atoms with van der Waals surface area (Å²) in [5.74, 6) is -0.843. The van der Waals surface area contributed by atoms with E-state index in [1.54, 1.807) is 0 Å². The van der Waals surface area contributed by atoms with Gasteiger partial charge < -0.3 is 4.42 Å². The number of hydrogen-bond donors (Lipinski definition) is 2. The first-order chi connectivity index (χ1) is 4.50. The molecule has 3 N–H and O–H groups in total. The lowest BCUT2D eigenvalue weighted by molar-refractivity contribution is 0.513. The van der Waals surface area contributed by atoms with Crippen LogP contribution in [0.1, 0.15) is 0 Å². The Labute approximate surface area is 55.7 Å². The van der Waals surface area contributed by atoms with Gasteiger partial charge >= 0.3 is 5.76 Å². The molecule has 0 unspecified atom stereocenters. The maximum Gasteiger partial charge on any atom is 0.417 e. The van der Waals surface area contributed by atoms with Crippen LogP contribution in [0.3, 0.4) is 0 Å². The summed E-state index contributed by atoms with van der Waals surface area (Å²) in [6.07, 6.45) is 0.748. The Kier molecular flexibility index (Phi) is 1.38. The number of aromatic amines is 1. The molecule has 0 fully saturated rings. The molecule has 7 heteroatoms. The molecule has 10 heavy (non-hydrogen) atoms. The van der Waals surface area contributed by atoms with Gasteiger partial charge in [-0.25, -0.2) is 18.4 Å². The second kappa shape index (κ2) is 1.96. The van der Waals surface area contributed by atoms with E-state index in [0.717, 1.165) is 6.26 Å². The van der Waals surface area contributed by atoms with Crippen LogP contribution in [-0.2, 0) is 10.0 Å².